The van der Waals surface area contributed by atoms with Crippen molar-refractivity contribution in [1.82, 2.24) is 14.2 Å². The average Bonchev–Trinajstić information content (AvgIpc) is 2.66. The van der Waals surface area contributed by atoms with Gasteiger partial charge < -0.3 is 5.11 Å². The molecule has 0 spiro atoms. The third kappa shape index (κ3) is 3.97. The standard InChI is InChI=1S/C19H25N3O4S/c1-3-21(13-18(23)24)15-8-11-22(12-9-15)27(25,26)17-7-6-14(2)19-16(17)5-4-10-20-19/h4-7,10,15H,3,8-9,11-13H2,1-2H3,(H,23,24). The molecule has 3 rings (SSSR count). The molecule has 0 bridgehead atoms. The Balaban J connectivity index is 1.82. The highest BCUT2D eigenvalue weighted by Gasteiger charge is 2.32. The summed E-state index contributed by atoms with van der Waals surface area (Å²) in [6, 6.07) is 7.08. The molecule has 0 aliphatic carbocycles. The van der Waals surface area contributed by atoms with E-state index in [9.17, 15) is 13.2 Å². The van der Waals surface area contributed by atoms with Gasteiger partial charge in [0.25, 0.3) is 0 Å². The number of hydrogen-bond acceptors (Lipinski definition) is 5. The van der Waals surface area contributed by atoms with Crippen molar-refractivity contribution >= 4 is 26.9 Å². The van der Waals surface area contributed by atoms with Crippen molar-refractivity contribution < 1.29 is 18.3 Å². The zero-order valence-electron chi connectivity index (χ0n) is 15.6. The first-order valence-electron chi connectivity index (χ1n) is 9.15. The molecule has 2 heterocycles. The van der Waals surface area contributed by atoms with Crippen LogP contribution in [-0.4, -0.2) is 65.9 Å². The number of fused-ring (bicyclic) bond motifs is 1. The highest BCUT2D eigenvalue weighted by molar-refractivity contribution is 7.89. The van der Waals surface area contributed by atoms with Crippen LogP contribution in [0.5, 0.6) is 0 Å². The van der Waals surface area contributed by atoms with Crippen LogP contribution in [-0.2, 0) is 14.8 Å². The molecule has 1 aliphatic heterocycles. The van der Waals surface area contributed by atoms with Gasteiger partial charge in [-0.3, -0.25) is 14.7 Å². The summed E-state index contributed by atoms with van der Waals surface area (Å²) in [5.41, 5.74) is 1.64. The summed E-state index contributed by atoms with van der Waals surface area (Å²) < 4.78 is 28.0. The molecule has 146 valence electrons. The Morgan fingerprint density at radius 1 is 1.30 bits per heavy atom. The van der Waals surface area contributed by atoms with E-state index < -0.39 is 16.0 Å². The fraction of sp³-hybridized carbons (Fsp3) is 0.474. The number of hydrogen-bond donors (Lipinski definition) is 1. The van der Waals surface area contributed by atoms with Gasteiger partial charge >= 0.3 is 5.97 Å². The number of aromatic nitrogens is 1. The van der Waals surface area contributed by atoms with E-state index in [4.69, 9.17) is 5.11 Å². The van der Waals surface area contributed by atoms with E-state index in [0.717, 1.165) is 5.56 Å². The van der Waals surface area contributed by atoms with E-state index in [0.29, 0.717) is 43.4 Å². The van der Waals surface area contributed by atoms with Gasteiger partial charge in [0, 0.05) is 30.7 Å². The summed E-state index contributed by atoms with van der Waals surface area (Å²) >= 11 is 0. The number of carbonyl (C=O) groups is 1. The van der Waals surface area contributed by atoms with Crippen LogP contribution in [0.2, 0.25) is 0 Å². The quantitative estimate of drug-likeness (QED) is 0.811. The fourth-order valence-electron chi connectivity index (χ4n) is 3.77. The SMILES string of the molecule is CCN(CC(=O)O)C1CCN(S(=O)(=O)c2ccc(C)c3ncccc23)CC1. The molecule has 0 atom stereocenters. The fourth-order valence-corrected chi connectivity index (χ4v) is 5.42. The first-order chi connectivity index (χ1) is 12.8. The number of rotatable bonds is 6. The number of pyridine rings is 1. The molecule has 0 unspecified atom stereocenters. The summed E-state index contributed by atoms with van der Waals surface area (Å²) in [7, 11) is -3.63. The van der Waals surface area contributed by atoms with Crippen molar-refractivity contribution in [3.8, 4) is 0 Å². The Morgan fingerprint density at radius 2 is 2.00 bits per heavy atom. The number of nitrogens with zero attached hydrogens (tertiary/aromatic N) is 3. The van der Waals surface area contributed by atoms with Crippen molar-refractivity contribution in [2.75, 3.05) is 26.2 Å². The molecule has 1 saturated heterocycles. The number of likely N-dealkylation sites (N-methyl/N-ethyl adjacent to an activating group) is 1. The molecule has 27 heavy (non-hydrogen) atoms. The minimum atomic E-state index is -3.63. The predicted octanol–water partition coefficient (Wildman–Crippen LogP) is 2.10. The van der Waals surface area contributed by atoms with E-state index in [2.05, 4.69) is 4.98 Å². The zero-order chi connectivity index (χ0) is 19.6. The van der Waals surface area contributed by atoms with Gasteiger partial charge in [-0.1, -0.05) is 13.0 Å². The lowest BCUT2D eigenvalue weighted by molar-refractivity contribution is -0.139. The van der Waals surface area contributed by atoms with Gasteiger partial charge in [-0.25, -0.2) is 8.42 Å². The number of piperidine rings is 1. The molecule has 8 heteroatoms. The normalized spacial score (nSPS) is 16.9. The topological polar surface area (TPSA) is 90.8 Å². The van der Waals surface area contributed by atoms with Gasteiger partial charge in [0.1, 0.15) is 0 Å². The van der Waals surface area contributed by atoms with Gasteiger partial charge in [0.15, 0.2) is 0 Å². The number of benzene rings is 1. The van der Waals surface area contributed by atoms with Crippen molar-refractivity contribution in [3.05, 3.63) is 36.0 Å². The van der Waals surface area contributed by atoms with Gasteiger partial charge in [0.2, 0.25) is 10.0 Å². The van der Waals surface area contributed by atoms with Crippen LogP contribution in [0.4, 0.5) is 0 Å². The third-order valence-electron chi connectivity index (χ3n) is 5.23. The van der Waals surface area contributed by atoms with E-state index in [1.165, 1.54) is 4.31 Å². The molecule has 1 aliphatic rings. The Morgan fingerprint density at radius 3 is 2.63 bits per heavy atom. The summed E-state index contributed by atoms with van der Waals surface area (Å²) in [5, 5.41) is 9.68. The van der Waals surface area contributed by atoms with E-state index in [1.54, 1.807) is 30.5 Å². The summed E-state index contributed by atoms with van der Waals surface area (Å²) in [6.45, 7) is 5.24. The molecule has 0 amide bonds. The second-order valence-electron chi connectivity index (χ2n) is 6.87. The van der Waals surface area contributed by atoms with Crippen LogP contribution in [0.25, 0.3) is 10.9 Å². The van der Waals surface area contributed by atoms with Gasteiger partial charge in [-0.15, -0.1) is 0 Å². The van der Waals surface area contributed by atoms with E-state index in [1.807, 2.05) is 18.7 Å². The van der Waals surface area contributed by atoms with Crippen LogP contribution in [0.1, 0.15) is 25.3 Å². The molecule has 2 aromatic rings. The highest BCUT2D eigenvalue weighted by atomic mass is 32.2. The number of sulfonamides is 1. The first-order valence-corrected chi connectivity index (χ1v) is 10.6. The summed E-state index contributed by atoms with van der Waals surface area (Å²) in [4.78, 5) is 17.5. The minimum Gasteiger partial charge on any atom is -0.480 e. The lowest BCUT2D eigenvalue weighted by Gasteiger charge is -2.37. The lowest BCUT2D eigenvalue weighted by atomic mass is 10.0. The number of aryl methyl sites for hydroxylation is 1. The van der Waals surface area contributed by atoms with Crippen molar-refractivity contribution in [2.45, 2.75) is 37.6 Å². The van der Waals surface area contributed by atoms with Crippen LogP contribution in [0, 0.1) is 6.92 Å². The highest BCUT2D eigenvalue weighted by Crippen LogP contribution is 2.29. The monoisotopic (exact) mass is 391 g/mol. The van der Waals surface area contributed by atoms with E-state index in [-0.39, 0.29) is 17.5 Å². The maximum Gasteiger partial charge on any atom is 0.317 e. The maximum absolute atomic E-state index is 13.2. The van der Waals surface area contributed by atoms with Gasteiger partial charge in [0.05, 0.1) is 17.0 Å². The number of carboxylic acids is 1. The lowest BCUT2D eigenvalue weighted by Crippen LogP contribution is -2.48. The Labute approximate surface area is 159 Å². The van der Waals surface area contributed by atoms with Crippen LogP contribution in [0.3, 0.4) is 0 Å². The minimum absolute atomic E-state index is 0.0117. The Hall–Kier alpha value is -2.03. The largest absolute Gasteiger partial charge is 0.480 e. The summed E-state index contributed by atoms with van der Waals surface area (Å²) in [5.74, 6) is -0.856. The smallest absolute Gasteiger partial charge is 0.317 e. The molecule has 0 saturated carbocycles. The van der Waals surface area contributed by atoms with Crippen LogP contribution >= 0.6 is 0 Å². The molecular formula is C19H25N3O4S. The third-order valence-corrected chi connectivity index (χ3v) is 7.19. The van der Waals surface area contributed by atoms with Gasteiger partial charge in [-0.05, 0) is 50.1 Å². The number of carboxylic acid groups (broad SMARTS) is 1. The van der Waals surface area contributed by atoms with Crippen LogP contribution < -0.4 is 0 Å². The van der Waals surface area contributed by atoms with Crippen LogP contribution in [0.15, 0.2) is 35.4 Å². The first kappa shape index (κ1) is 19.7. The van der Waals surface area contributed by atoms with Crippen molar-refractivity contribution in [3.63, 3.8) is 0 Å². The maximum atomic E-state index is 13.2. The zero-order valence-corrected chi connectivity index (χ0v) is 16.4. The van der Waals surface area contributed by atoms with Crippen molar-refractivity contribution in [1.29, 1.82) is 0 Å². The molecule has 1 fully saturated rings. The molecule has 7 nitrogen and oxygen atoms in total. The second kappa shape index (κ2) is 7.92. The molecule has 0 radical (unpaired) electrons. The molecule has 1 N–H and O–H groups in total. The van der Waals surface area contributed by atoms with Gasteiger partial charge in [-0.2, -0.15) is 4.31 Å². The Bertz CT molecular complexity index is 937. The Kier molecular flexibility index (Phi) is 5.78. The molecule has 1 aromatic carbocycles. The summed E-state index contributed by atoms with van der Waals surface area (Å²) in [6.07, 6.45) is 2.92. The van der Waals surface area contributed by atoms with Crippen molar-refractivity contribution in [2.24, 2.45) is 0 Å². The average molecular weight is 391 g/mol. The molecular weight excluding hydrogens is 366 g/mol. The number of aliphatic carboxylic acids is 1. The predicted molar refractivity (Wildman–Crippen MR) is 103 cm³/mol. The second-order valence-corrected chi connectivity index (χ2v) is 8.78. The van der Waals surface area contributed by atoms with E-state index >= 15 is 0 Å². The molecule has 1 aromatic heterocycles.